The summed E-state index contributed by atoms with van der Waals surface area (Å²) in [7, 11) is 0. The van der Waals surface area contributed by atoms with Gasteiger partial charge in [0.2, 0.25) is 11.9 Å². The van der Waals surface area contributed by atoms with Crippen LogP contribution < -0.4 is 15.5 Å². The molecule has 0 aromatic carbocycles. The number of anilines is 3. The van der Waals surface area contributed by atoms with E-state index in [2.05, 4.69) is 26.7 Å². The number of aromatic nitrogens is 4. The van der Waals surface area contributed by atoms with Crippen LogP contribution in [0.4, 0.5) is 22.5 Å². The van der Waals surface area contributed by atoms with Gasteiger partial charge in [-0.2, -0.15) is 4.98 Å². The molecule has 2 fully saturated rings. The van der Waals surface area contributed by atoms with Crippen LogP contribution in [-0.4, -0.2) is 87.5 Å². The van der Waals surface area contributed by atoms with Crippen molar-refractivity contribution in [1.29, 1.82) is 0 Å². The molecular formula is C21H28N8O3. The predicted octanol–water partition coefficient (Wildman–Crippen LogP) is 1.25. The number of hydrogen-bond donors (Lipinski definition) is 2. The molecule has 2 aromatic heterocycles. The van der Waals surface area contributed by atoms with Crippen LogP contribution in [-0.2, 0) is 11.2 Å². The Morgan fingerprint density at radius 2 is 1.94 bits per heavy atom. The van der Waals surface area contributed by atoms with Crippen molar-refractivity contribution < 1.29 is 14.6 Å². The number of morpholine rings is 1. The quantitative estimate of drug-likeness (QED) is 0.715. The molecule has 0 radical (unpaired) electrons. The van der Waals surface area contributed by atoms with E-state index in [4.69, 9.17) is 20.4 Å². The van der Waals surface area contributed by atoms with Crippen LogP contribution in [0.25, 0.3) is 11.3 Å². The van der Waals surface area contributed by atoms with Crippen LogP contribution in [0.15, 0.2) is 12.4 Å². The molecular weight excluding hydrogens is 412 g/mol. The van der Waals surface area contributed by atoms with Gasteiger partial charge in [0, 0.05) is 56.2 Å². The zero-order chi connectivity index (χ0) is 22.3. The first-order chi connectivity index (χ1) is 15.5. The molecule has 5 heterocycles. The van der Waals surface area contributed by atoms with Gasteiger partial charge in [-0.3, -0.25) is 0 Å². The average molecular weight is 441 g/mol. The number of nitrogen functional groups attached to an aromatic ring is 1. The van der Waals surface area contributed by atoms with Gasteiger partial charge in [-0.15, -0.1) is 0 Å². The Bertz CT molecular complexity index is 1010. The summed E-state index contributed by atoms with van der Waals surface area (Å²) >= 11 is 0. The molecule has 0 bridgehead atoms. The Kier molecular flexibility index (Phi) is 5.20. The van der Waals surface area contributed by atoms with Crippen LogP contribution >= 0.6 is 0 Å². The minimum absolute atomic E-state index is 0.221. The molecule has 0 saturated carbocycles. The molecule has 3 aliphatic rings. The van der Waals surface area contributed by atoms with E-state index in [-0.39, 0.29) is 11.5 Å². The van der Waals surface area contributed by atoms with E-state index in [0.717, 1.165) is 61.5 Å². The highest BCUT2D eigenvalue weighted by Crippen LogP contribution is 2.42. The lowest BCUT2D eigenvalue weighted by Gasteiger charge is -2.39. The van der Waals surface area contributed by atoms with Crippen molar-refractivity contribution in [3.63, 3.8) is 0 Å². The zero-order valence-corrected chi connectivity index (χ0v) is 18.2. The topological polar surface area (TPSA) is 134 Å². The van der Waals surface area contributed by atoms with Gasteiger partial charge in [0.25, 0.3) is 0 Å². The molecule has 0 unspecified atom stereocenters. The van der Waals surface area contributed by atoms with Crippen LogP contribution in [0.3, 0.4) is 0 Å². The van der Waals surface area contributed by atoms with Crippen LogP contribution in [0.1, 0.15) is 25.3 Å². The smallest absolute Gasteiger partial charge is 0.407 e. The first kappa shape index (κ1) is 20.7. The SMILES string of the molecule is CC[C@]1(N2CCc3c(-c4cnc(N)nc4)nc(N4CCOCC4)nc32)CCN(C(=O)O)C1. The fourth-order valence-electron chi connectivity index (χ4n) is 5.03. The molecule has 0 spiro atoms. The fourth-order valence-corrected chi connectivity index (χ4v) is 5.03. The molecule has 3 N–H and O–H groups in total. The van der Waals surface area contributed by atoms with Crippen LogP contribution in [0.5, 0.6) is 0 Å². The first-order valence-corrected chi connectivity index (χ1v) is 11.1. The molecule has 3 aliphatic heterocycles. The van der Waals surface area contributed by atoms with Crippen molar-refractivity contribution in [3.05, 3.63) is 18.0 Å². The summed E-state index contributed by atoms with van der Waals surface area (Å²) in [4.78, 5) is 35.9. The third kappa shape index (κ3) is 3.46. The Balaban J connectivity index is 1.60. The minimum Gasteiger partial charge on any atom is -0.465 e. The van der Waals surface area contributed by atoms with Gasteiger partial charge in [0.1, 0.15) is 5.82 Å². The average Bonchev–Trinajstić information content (AvgIpc) is 3.45. The number of hydrogen-bond acceptors (Lipinski definition) is 9. The highest BCUT2D eigenvalue weighted by molar-refractivity contribution is 5.73. The number of amides is 1. The van der Waals surface area contributed by atoms with Gasteiger partial charge in [-0.05, 0) is 19.3 Å². The van der Waals surface area contributed by atoms with Crippen molar-refractivity contribution in [2.24, 2.45) is 0 Å². The number of carboxylic acid groups (broad SMARTS) is 1. The second kappa shape index (κ2) is 8.05. The van der Waals surface area contributed by atoms with Gasteiger partial charge >= 0.3 is 6.09 Å². The monoisotopic (exact) mass is 440 g/mol. The molecule has 32 heavy (non-hydrogen) atoms. The lowest BCUT2D eigenvalue weighted by atomic mass is 9.93. The third-order valence-electron chi connectivity index (χ3n) is 6.89. The van der Waals surface area contributed by atoms with E-state index in [0.29, 0.717) is 32.3 Å². The Morgan fingerprint density at radius 3 is 2.59 bits per heavy atom. The van der Waals surface area contributed by atoms with Crippen molar-refractivity contribution in [3.8, 4) is 11.3 Å². The maximum Gasteiger partial charge on any atom is 0.407 e. The summed E-state index contributed by atoms with van der Waals surface area (Å²) < 4.78 is 5.51. The van der Waals surface area contributed by atoms with E-state index in [1.54, 1.807) is 12.4 Å². The molecule has 0 aliphatic carbocycles. The molecule has 170 valence electrons. The van der Waals surface area contributed by atoms with E-state index >= 15 is 0 Å². The number of rotatable bonds is 4. The van der Waals surface area contributed by atoms with Gasteiger partial charge < -0.3 is 30.3 Å². The molecule has 1 amide bonds. The normalized spacial score (nSPS) is 23.0. The fraction of sp³-hybridized carbons (Fsp3) is 0.571. The number of nitrogens with zero attached hydrogens (tertiary/aromatic N) is 7. The zero-order valence-electron chi connectivity index (χ0n) is 18.2. The highest BCUT2D eigenvalue weighted by atomic mass is 16.5. The molecule has 11 heteroatoms. The minimum atomic E-state index is -0.865. The van der Waals surface area contributed by atoms with Gasteiger partial charge in [0.05, 0.1) is 24.4 Å². The van der Waals surface area contributed by atoms with E-state index in [9.17, 15) is 9.90 Å². The van der Waals surface area contributed by atoms with Gasteiger partial charge in [-0.1, -0.05) is 6.92 Å². The van der Waals surface area contributed by atoms with Crippen molar-refractivity contribution in [1.82, 2.24) is 24.8 Å². The lowest BCUT2D eigenvalue weighted by molar-refractivity contribution is 0.122. The summed E-state index contributed by atoms with van der Waals surface area (Å²) in [6.45, 7) is 6.64. The molecule has 1 atom stereocenters. The summed E-state index contributed by atoms with van der Waals surface area (Å²) in [5, 5.41) is 9.55. The number of fused-ring (bicyclic) bond motifs is 1. The summed E-state index contributed by atoms with van der Waals surface area (Å²) in [5.74, 6) is 1.77. The van der Waals surface area contributed by atoms with Gasteiger partial charge in [-0.25, -0.2) is 19.7 Å². The van der Waals surface area contributed by atoms with Crippen LogP contribution in [0.2, 0.25) is 0 Å². The third-order valence-corrected chi connectivity index (χ3v) is 6.89. The van der Waals surface area contributed by atoms with E-state index < -0.39 is 6.09 Å². The Labute approximate surface area is 186 Å². The van der Waals surface area contributed by atoms with Crippen molar-refractivity contribution >= 4 is 23.8 Å². The van der Waals surface area contributed by atoms with Crippen LogP contribution in [0, 0.1) is 0 Å². The number of carbonyl (C=O) groups is 1. The molecule has 11 nitrogen and oxygen atoms in total. The van der Waals surface area contributed by atoms with E-state index in [1.165, 1.54) is 4.90 Å². The second-order valence-electron chi connectivity index (χ2n) is 8.54. The Morgan fingerprint density at radius 1 is 1.19 bits per heavy atom. The maximum atomic E-state index is 11.6. The van der Waals surface area contributed by atoms with Crippen molar-refractivity contribution in [2.75, 3.05) is 61.5 Å². The number of nitrogens with two attached hydrogens (primary N) is 1. The number of ether oxygens (including phenoxy) is 1. The highest BCUT2D eigenvalue weighted by Gasteiger charge is 2.46. The largest absolute Gasteiger partial charge is 0.465 e. The maximum absolute atomic E-state index is 11.6. The van der Waals surface area contributed by atoms with Crippen molar-refractivity contribution in [2.45, 2.75) is 31.7 Å². The standard InChI is InChI=1S/C21H28N8O3/c1-2-21(4-6-28(13-21)20(30)31)29-5-3-15-16(14-11-23-18(22)24-12-14)25-19(26-17(15)29)27-7-9-32-10-8-27/h11-12H,2-10,13H2,1H3,(H,30,31)(H2,22,23,24)/t21-/m0/s1. The Hall–Kier alpha value is -3.21. The lowest BCUT2D eigenvalue weighted by Crippen LogP contribution is -2.50. The molecule has 2 aromatic rings. The second-order valence-corrected chi connectivity index (χ2v) is 8.54. The predicted molar refractivity (Wildman–Crippen MR) is 119 cm³/mol. The molecule has 2 saturated heterocycles. The first-order valence-electron chi connectivity index (χ1n) is 11.1. The molecule has 5 rings (SSSR count). The summed E-state index contributed by atoms with van der Waals surface area (Å²) in [5.41, 5.74) is 8.11. The summed E-state index contributed by atoms with van der Waals surface area (Å²) in [6, 6.07) is 0. The summed E-state index contributed by atoms with van der Waals surface area (Å²) in [6.07, 6.45) is 4.95. The number of likely N-dealkylation sites (tertiary alicyclic amines) is 1. The van der Waals surface area contributed by atoms with Gasteiger partial charge in [0.15, 0.2) is 0 Å². The van der Waals surface area contributed by atoms with E-state index in [1.807, 2.05) is 0 Å².